The van der Waals surface area contributed by atoms with Gasteiger partial charge in [-0.05, 0) is 36.8 Å². The highest BCUT2D eigenvalue weighted by atomic mass is 32.2. The third kappa shape index (κ3) is 5.24. The third-order valence-electron chi connectivity index (χ3n) is 4.85. The Balaban J connectivity index is 2.17. The van der Waals surface area contributed by atoms with Crippen molar-refractivity contribution in [3.63, 3.8) is 0 Å². The summed E-state index contributed by atoms with van der Waals surface area (Å²) in [5, 5.41) is 12.3. The van der Waals surface area contributed by atoms with Crippen LogP contribution < -0.4 is 5.32 Å². The number of carboxylic acid groups (broad SMARTS) is 1. The maximum absolute atomic E-state index is 12.8. The molecule has 6 nitrogen and oxygen atoms in total. The molecule has 2 N–H and O–H groups in total. The third-order valence-corrected chi connectivity index (χ3v) is 5.60. The van der Waals surface area contributed by atoms with Crippen LogP contribution in [0.5, 0.6) is 0 Å². The fourth-order valence-corrected chi connectivity index (χ4v) is 3.77. The number of ether oxygens (including phenoxy) is 1. The van der Waals surface area contributed by atoms with E-state index in [0.717, 1.165) is 23.3 Å². The van der Waals surface area contributed by atoms with Gasteiger partial charge in [0.1, 0.15) is 0 Å². The SMILES string of the molecule is COC(=O)C[C@H](NC(=O)[C@@H]1CCCC[C@H]1C(=O)O)c1ccc(SC)cc1. The van der Waals surface area contributed by atoms with E-state index in [-0.39, 0.29) is 12.3 Å². The quantitative estimate of drug-likeness (QED) is 0.559. The molecule has 0 aromatic heterocycles. The number of carbonyl (C=O) groups excluding carboxylic acids is 2. The van der Waals surface area contributed by atoms with Crippen LogP contribution in [0.3, 0.4) is 0 Å². The molecular weight excluding hydrogens is 354 g/mol. The van der Waals surface area contributed by atoms with Crippen molar-refractivity contribution in [2.45, 2.75) is 43.0 Å². The average Bonchev–Trinajstić information content (AvgIpc) is 2.67. The molecule has 0 radical (unpaired) electrons. The lowest BCUT2D eigenvalue weighted by molar-refractivity contribution is -0.149. The zero-order valence-electron chi connectivity index (χ0n) is 15.1. The minimum absolute atomic E-state index is 0.00527. The first-order chi connectivity index (χ1) is 12.5. The Morgan fingerprint density at radius 3 is 2.35 bits per heavy atom. The number of benzene rings is 1. The number of hydrogen-bond donors (Lipinski definition) is 2. The van der Waals surface area contributed by atoms with Gasteiger partial charge in [0.2, 0.25) is 5.91 Å². The normalized spacial score (nSPS) is 20.8. The van der Waals surface area contributed by atoms with Crippen LogP contribution in [0.4, 0.5) is 0 Å². The lowest BCUT2D eigenvalue weighted by Crippen LogP contribution is -2.41. The summed E-state index contributed by atoms with van der Waals surface area (Å²) in [5.74, 6) is -2.89. The Morgan fingerprint density at radius 1 is 1.19 bits per heavy atom. The van der Waals surface area contributed by atoms with Gasteiger partial charge < -0.3 is 15.2 Å². The van der Waals surface area contributed by atoms with Crippen LogP contribution in [0.2, 0.25) is 0 Å². The number of esters is 1. The summed E-state index contributed by atoms with van der Waals surface area (Å²) < 4.78 is 4.75. The summed E-state index contributed by atoms with van der Waals surface area (Å²) in [6.07, 6.45) is 4.70. The molecule has 1 aromatic rings. The smallest absolute Gasteiger partial charge is 0.307 e. The Hall–Kier alpha value is -2.02. The fourth-order valence-electron chi connectivity index (χ4n) is 3.36. The molecule has 1 aliphatic rings. The molecule has 1 fully saturated rings. The molecular formula is C19H25NO5S. The van der Waals surface area contributed by atoms with Gasteiger partial charge in [0, 0.05) is 4.90 Å². The molecule has 0 saturated heterocycles. The van der Waals surface area contributed by atoms with Gasteiger partial charge in [-0.3, -0.25) is 14.4 Å². The molecule has 0 spiro atoms. The van der Waals surface area contributed by atoms with E-state index in [1.165, 1.54) is 7.11 Å². The number of aliphatic carboxylic acids is 1. The van der Waals surface area contributed by atoms with Gasteiger partial charge in [0.25, 0.3) is 0 Å². The van der Waals surface area contributed by atoms with E-state index < -0.39 is 29.8 Å². The van der Waals surface area contributed by atoms with E-state index in [2.05, 4.69) is 5.32 Å². The van der Waals surface area contributed by atoms with E-state index in [9.17, 15) is 19.5 Å². The van der Waals surface area contributed by atoms with Crippen LogP contribution in [-0.4, -0.2) is 36.3 Å². The summed E-state index contributed by atoms with van der Waals surface area (Å²) in [5.41, 5.74) is 0.796. The lowest BCUT2D eigenvalue weighted by Gasteiger charge is -2.29. The second-order valence-corrected chi connectivity index (χ2v) is 7.33. The second-order valence-electron chi connectivity index (χ2n) is 6.45. The number of hydrogen-bond acceptors (Lipinski definition) is 5. The van der Waals surface area contributed by atoms with Gasteiger partial charge in [0.05, 0.1) is 31.4 Å². The van der Waals surface area contributed by atoms with Crippen LogP contribution >= 0.6 is 11.8 Å². The number of nitrogens with one attached hydrogen (secondary N) is 1. The van der Waals surface area contributed by atoms with Crippen LogP contribution in [0, 0.1) is 11.8 Å². The van der Waals surface area contributed by atoms with Crippen LogP contribution in [0.1, 0.15) is 43.7 Å². The number of carbonyl (C=O) groups is 3. The zero-order valence-corrected chi connectivity index (χ0v) is 15.9. The van der Waals surface area contributed by atoms with Crippen molar-refractivity contribution in [2.75, 3.05) is 13.4 Å². The van der Waals surface area contributed by atoms with Gasteiger partial charge >= 0.3 is 11.9 Å². The predicted octanol–water partition coefficient (Wildman–Crippen LogP) is 3.02. The molecule has 142 valence electrons. The van der Waals surface area contributed by atoms with E-state index in [1.54, 1.807) is 11.8 Å². The van der Waals surface area contributed by atoms with Gasteiger partial charge in [-0.25, -0.2) is 0 Å². The van der Waals surface area contributed by atoms with Crippen LogP contribution in [0.15, 0.2) is 29.2 Å². The van der Waals surface area contributed by atoms with Crippen molar-refractivity contribution in [1.82, 2.24) is 5.32 Å². The Kier molecular flexibility index (Phi) is 7.50. The molecule has 1 amide bonds. The van der Waals surface area contributed by atoms with Crippen molar-refractivity contribution in [3.05, 3.63) is 29.8 Å². The first-order valence-corrected chi connectivity index (χ1v) is 9.92. The molecule has 0 unspecified atom stereocenters. The maximum atomic E-state index is 12.8. The first-order valence-electron chi connectivity index (χ1n) is 8.70. The molecule has 0 bridgehead atoms. The van der Waals surface area contributed by atoms with E-state index in [1.807, 2.05) is 30.5 Å². The van der Waals surface area contributed by atoms with E-state index >= 15 is 0 Å². The number of rotatable bonds is 7. The Bertz CT molecular complexity index is 646. The minimum atomic E-state index is -0.932. The Labute approximate surface area is 157 Å². The highest BCUT2D eigenvalue weighted by Gasteiger charge is 2.36. The average molecular weight is 379 g/mol. The topological polar surface area (TPSA) is 92.7 Å². The summed E-state index contributed by atoms with van der Waals surface area (Å²) in [7, 11) is 1.31. The van der Waals surface area contributed by atoms with Crippen molar-refractivity contribution in [2.24, 2.45) is 11.8 Å². The molecule has 3 atom stereocenters. The molecule has 1 aromatic carbocycles. The lowest BCUT2D eigenvalue weighted by atomic mass is 9.78. The minimum Gasteiger partial charge on any atom is -0.481 e. The van der Waals surface area contributed by atoms with Crippen LogP contribution in [0.25, 0.3) is 0 Å². The second kappa shape index (κ2) is 9.62. The van der Waals surface area contributed by atoms with Gasteiger partial charge in [0.15, 0.2) is 0 Å². The van der Waals surface area contributed by atoms with Gasteiger partial charge in [-0.15, -0.1) is 11.8 Å². The summed E-state index contributed by atoms with van der Waals surface area (Å²) >= 11 is 1.60. The number of thioether (sulfide) groups is 1. The Morgan fingerprint density at radius 2 is 1.81 bits per heavy atom. The molecule has 0 heterocycles. The summed E-state index contributed by atoms with van der Waals surface area (Å²) in [4.78, 5) is 37.1. The summed E-state index contributed by atoms with van der Waals surface area (Å²) in [6, 6.07) is 7.06. The molecule has 0 aliphatic heterocycles. The molecule has 2 rings (SSSR count). The maximum Gasteiger partial charge on any atom is 0.307 e. The van der Waals surface area contributed by atoms with Gasteiger partial charge in [-0.1, -0.05) is 25.0 Å². The van der Waals surface area contributed by atoms with Crippen molar-refractivity contribution in [3.8, 4) is 0 Å². The molecule has 1 aliphatic carbocycles. The number of amides is 1. The van der Waals surface area contributed by atoms with E-state index in [0.29, 0.717) is 12.8 Å². The molecule has 1 saturated carbocycles. The fraction of sp³-hybridized carbons (Fsp3) is 0.526. The molecule has 7 heteroatoms. The summed E-state index contributed by atoms with van der Waals surface area (Å²) in [6.45, 7) is 0. The first kappa shape index (κ1) is 20.3. The monoisotopic (exact) mass is 379 g/mol. The predicted molar refractivity (Wildman–Crippen MR) is 98.8 cm³/mol. The highest BCUT2D eigenvalue weighted by Crippen LogP contribution is 2.31. The number of methoxy groups -OCH3 is 1. The van der Waals surface area contributed by atoms with Crippen molar-refractivity contribution < 1.29 is 24.2 Å². The van der Waals surface area contributed by atoms with Gasteiger partial charge in [-0.2, -0.15) is 0 Å². The van der Waals surface area contributed by atoms with Crippen molar-refractivity contribution >= 4 is 29.6 Å². The van der Waals surface area contributed by atoms with E-state index in [4.69, 9.17) is 4.74 Å². The highest BCUT2D eigenvalue weighted by molar-refractivity contribution is 7.98. The standard InChI is InChI=1S/C19H25NO5S/c1-25-17(21)11-16(12-7-9-13(26-2)10-8-12)20-18(22)14-5-3-4-6-15(14)19(23)24/h7-10,14-16H,3-6,11H2,1-2H3,(H,20,22)(H,23,24)/t14-,15-,16+/m1/s1. The van der Waals surface area contributed by atoms with Crippen LogP contribution in [-0.2, 0) is 19.1 Å². The number of carboxylic acids is 1. The zero-order chi connectivity index (χ0) is 19.1. The largest absolute Gasteiger partial charge is 0.481 e. The molecule has 26 heavy (non-hydrogen) atoms. The van der Waals surface area contributed by atoms with Crippen molar-refractivity contribution in [1.29, 1.82) is 0 Å².